The first-order valence-corrected chi connectivity index (χ1v) is 10.4. The molecule has 0 bridgehead atoms. The zero-order chi connectivity index (χ0) is 22.0. The first-order chi connectivity index (χ1) is 14.8. The number of aromatic nitrogens is 2. The average molecular weight is 451 g/mol. The monoisotopic (exact) mass is 450 g/mol. The summed E-state index contributed by atoms with van der Waals surface area (Å²) in [5.74, 6) is 0.593. The van der Waals surface area contributed by atoms with Crippen LogP contribution < -0.4 is 5.56 Å². The summed E-state index contributed by atoms with van der Waals surface area (Å²) in [6.07, 6.45) is -3.39. The minimum atomic E-state index is -4.31. The van der Waals surface area contributed by atoms with Crippen LogP contribution in [-0.4, -0.2) is 45.9 Å². The number of hydrogen-bond donors (Lipinski definition) is 1. The number of nitrogens with zero attached hydrogens (tertiary/aromatic N) is 3. The van der Waals surface area contributed by atoms with Crippen molar-refractivity contribution in [3.63, 3.8) is 0 Å². The Morgan fingerprint density at radius 3 is 2.32 bits per heavy atom. The van der Waals surface area contributed by atoms with E-state index in [-0.39, 0.29) is 5.56 Å². The van der Waals surface area contributed by atoms with Crippen molar-refractivity contribution in [1.82, 2.24) is 19.8 Å². The molecule has 0 atom stereocenters. The Labute approximate surface area is 182 Å². The van der Waals surface area contributed by atoms with E-state index in [9.17, 15) is 18.0 Å². The highest BCUT2D eigenvalue weighted by Gasteiger charge is 2.30. The predicted octanol–water partition coefficient (Wildman–Crippen LogP) is 4.30. The van der Waals surface area contributed by atoms with Crippen molar-refractivity contribution in [2.75, 3.05) is 26.2 Å². The molecular weight excluding hydrogens is 429 g/mol. The zero-order valence-corrected chi connectivity index (χ0v) is 17.5. The van der Waals surface area contributed by atoms with Crippen LogP contribution in [0.15, 0.2) is 47.3 Å². The minimum absolute atomic E-state index is 0.185. The molecule has 1 fully saturated rings. The molecule has 1 N–H and O–H groups in total. The Balaban J connectivity index is 1.38. The van der Waals surface area contributed by atoms with Gasteiger partial charge in [-0.15, -0.1) is 0 Å². The number of halogens is 4. The van der Waals surface area contributed by atoms with Crippen LogP contribution in [0, 0.1) is 0 Å². The van der Waals surface area contributed by atoms with Gasteiger partial charge in [0.15, 0.2) is 0 Å². The van der Waals surface area contributed by atoms with E-state index in [1.165, 1.54) is 0 Å². The molecule has 3 aromatic rings. The van der Waals surface area contributed by atoms with Crippen molar-refractivity contribution >= 4 is 22.5 Å². The third-order valence-electron chi connectivity index (χ3n) is 5.46. The van der Waals surface area contributed by atoms with Gasteiger partial charge in [-0.3, -0.25) is 14.6 Å². The smallest absolute Gasteiger partial charge is 0.309 e. The Kier molecular flexibility index (Phi) is 6.31. The summed E-state index contributed by atoms with van der Waals surface area (Å²) in [6, 6.07) is 10.4. The summed E-state index contributed by atoms with van der Waals surface area (Å²) in [5, 5.41) is 1.04. The Bertz CT molecular complexity index is 1110. The maximum atomic E-state index is 12.7. The molecule has 4 rings (SSSR count). The standard InChI is InChI=1S/C22H22ClF3N4O/c23-17-6-7-18-19(12-17)27-20(28-21(18)31)14-30-9-1-8-29(10-11-30)13-15-2-4-16(5-3-15)22(24,25)26/h2-7,12H,1,8-11,13-14H2,(H,27,28,31). The van der Waals surface area contributed by atoms with E-state index in [0.29, 0.717) is 34.8 Å². The molecule has 31 heavy (non-hydrogen) atoms. The van der Waals surface area contributed by atoms with Crippen molar-refractivity contribution in [3.05, 3.63) is 74.8 Å². The van der Waals surface area contributed by atoms with E-state index < -0.39 is 11.7 Å². The van der Waals surface area contributed by atoms with Crippen LogP contribution in [0.2, 0.25) is 5.02 Å². The molecule has 5 nitrogen and oxygen atoms in total. The number of fused-ring (bicyclic) bond motifs is 1. The van der Waals surface area contributed by atoms with Crippen LogP contribution in [0.3, 0.4) is 0 Å². The molecule has 1 saturated heterocycles. The lowest BCUT2D eigenvalue weighted by Crippen LogP contribution is -2.31. The number of nitrogens with one attached hydrogen (secondary N) is 1. The Hall–Kier alpha value is -2.42. The second-order valence-electron chi connectivity index (χ2n) is 7.77. The SMILES string of the molecule is O=c1[nH]c(CN2CCCN(Cc3ccc(C(F)(F)F)cc3)CC2)nc2cc(Cl)ccc12. The molecule has 9 heteroatoms. The Morgan fingerprint density at radius 2 is 1.65 bits per heavy atom. The van der Waals surface area contributed by atoms with Crippen LogP contribution in [-0.2, 0) is 19.3 Å². The maximum Gasteiger partial charge on any atom is 0.416 e. The van der Waals surface area contributed by atoms with Gasteiger partial charge in [0, 0.05) is 24.7 Å². The number of alkyl halides is 3. The number of benzene rings is 2. The molecule has 0 spiro atoms. The third kappa shape index (κ3) is 5.44. The van der Waals surface area contributed by atoms with Crippen LogP contribution in [0.4, 0.5) is 13.2 Å². The predicted molar refractivity (Wildman–Crippen MR) is 114 cm³/mol. The molecule has 2 aromatic carbocycles. The van der Waals surface area contributed by atoms with Gasteiger partial charge in [-0.05, 0) is 55.4 Å². The summed E-state index contributed by atoms with van der Waals surface area (Å²) < 4.78 is 38.2. The van der Waals surface area contributed by atoms with Crippen molar-refractivity contribution in [1.29, 1.82) is 0 Å². The number of hydrogen-bond acceptors (Lipinski definition) is 4. The van der Waals surface area contributed by atoms with Gasteiger partial charge in [0.25, 0.3) is 5.56 Å². The molecule has 1 aromatic heterocycles. The lowest BCUT2D eigenvalue weighted by Gasteiger charge is -2.21. The number of aromatic amines is 1. The average Bonchev–Trinajstić information content (AvgIpc) is 2.92. The van der Waals surface area contributed by atoms with Crippen LogP contribution in [0.1, 0.15) is 23.4 Å². The largest absolute Gasteiger partial charge is 0.416 e. The van der Waals surface area contributed by atoms with Crippen LogP contribution >= 0.6 is 11.6 Å². The molecule has 1 aliphatic heterocycles. The molecule has 0 unspecified atom stereocenters. The van der Waals surface area contributed by atoms with Gasteiger partial charge in [0.2, 0.25) is 0 Å². The molecule has 0 radical (unpaired) electrons. The lowest BCUT2D eigenvalue weighted by atomic mass is 10.1. The van der Waals surface area contributed by atoms with Gasteiger partial charge >= 0.3 is 6.18 Å². The second-order valence-corrected chi connectivity index (χ2v) is 8.21. The van der Waals surface area contributed by atoms with Gasteiger partial charge in [0.05, 0.1) is 23.0 Å². The minimum Gasteiger partial charge on any atom is -0.309 e. The van der Waals surface area contributed by atoms with Crippen molar-refractivity contribution < 1.29 is 13.2 Å². The third-order valence-corrected chi connectivity index (χ3v) is 5.69. The second kappa shape index (κ2) is 8.98. The molecule has 0 saturated carbocycles. The maximum absolute atomic E-state index is 12.7. The molecule has 164 valence electrons. The van der Waals surface area contributed by atoms with Crippen molar-refractivity contribution in [2.24, 2.45) is 0 Å². The molecular formula is C22H22ClF3N4O. The lowest BCUT2D eigenvalue weighted by molar-refractivity contribution is -0.137. The van der Waals surface area contributed by atoms with Gasteiger partial charge in [-0.1, -0.05) is 23.7 Å². The van der Waals surface area contributed by atoms with Gasteiger partial charge in [-0.2, -0.15) is 13.2 Å². The highest BCUT2D eigenvalue weighted by Crippen LogP contribution is 2.29. The van der Waals surface area contributed by atoms with Crippen molar-refractivity contribution in [3.8, 4) is 0 Å². The fourth-order valence-electron chi connectivity index (χ4n) is 3.85. The van der Waals surface area contributed by atoms with E-state index in [0.717, 1.165) is 50.3 Å². The van der Waals surface area contributed by atoms with E-state index in [2.05, 4.69) is 19.8 Å². The fraction of sp³-hybridized carbons (Fsp3) is 0.364. The summed E-state index contributed by atoms with van der Waals surface area (Å²) >= 11 is 6.03. The first kappa shape index (κ1) is 21.8. The summed E-state index contributed by atoms with van der Waals surface area (Å²) in [4.78, 5) is 24.2. The Morgan fingerprint density at radius 1 is 0.968 bits per heavy atom. The fourth-order valence-corrected chi connectivity index (χ4v) is 4.01. The van der Waals surface area contributed by atoms with Crippen LogP contribution in [0.5, 0.6) is 0 Å². The molecule has 1 aliphatic rings. The zero-order valence-electron chi connectivity index (χ0n) is 16.8. The summed E-state index contributed by atoms with van der Waals surface area (Å²) in [7, 11) is 0. The van der Waals surface area contributed by atoms with E-state index in [1.807, 2.05) is 0 Å². The summed E-state index contributed by atoms with van der Waals surface area (Å²) in [5.41, 5.74) is 0.621. The normalized spacial score (nSPS) is 16.5. The molecule has 0 aliphatic carbocycles. The number of H-pyrrole nitrogens is 1. The topological polar surface area (TPSA) is 52.2 Å². The van der Waals surface area contributed by atoms with Gasteiger partial charge in [-0.25, -0.2) is 4.98 Å². The quantitative estimate of drug-likeness (QED) is 0.644. The number of rotatable bonds is 4. The van der Waals surface area contributed by atoms with E-state index >= 15 is 0 Å². The summed E-state index contributed by atoms with van der Waals surface area (Å²) in [6.45, 7) is 4.39. The highest BCUT2D eigenvalue weighted by atomic mass is 35.5. The first-order valence-electron chi connectivity index (χ1n) is 10.1. The molecule has 0 amide bonds. The van der Waals surface area contributed by atoms with Crippen molar-refractivity contribution in [2.45, 2.75) is 25.7 Å². The van der Waals surface area contributed by atoms with E-state index in [4.69, 9.17) is 11.6 Å². The van der Waals surface area contributed by atoms with Crippen LogP contribution in [0.25, 0.3) is 10.9 Å². The molecule has 2 heterocycles. The van der Waals surface area contributed by atoms with E-state index in [1.54, 1.807) is 30.3 Å². The van der Waals surface area contributed by atoms with Gasteiger partial charge in [0.1, 0.15) is 5.82 Å². The highest BCUT2D eigenvalue weighted by molar-refractivity contribution is 6.31. The van der Waals surface area contributed by atoms with Gasteiger partial charge < -0.3 is 4.98 Å².